The van der Waals surface area contributed by atoms with Gasteiger partial charge >= 0.3 is 0 Å². The van der Waals surface area contributed by atoms with Crippen LogP contribution in [-0.2, 0) is 14.9 Å². The number of aromatic hydroxyl groups is 1. The molecule has 3 rings (SSSR count). The monoisotopic (exact) mass is 394 g/mol. The Morgan fingerprint density at radius 1 is 0.621 bits per heavy atom. The van der Waals surface area contributed by atoms with Gasteiger partial charge in [0.2, 0.25) is 0 Å². The molecule has 0 bridgehead atoms. The van der Waals surface area contributed by atoms with Gasteiger partial charge in [0.1, 0.15) is 17.2 Å². The van der Waals surface area contributed by atoms with Gasteiger partial charge in [-0.15, -0.1) is 0 Å². The Kier molecular flexibility index (Phi) is 6.75. The second-order valence-corrected chi connectivity index (χ2v) is 6.82. The molecule has 0 aliphatic heterocycles. The average molecular weight is 394 g/mol. The van der Waals surface area contributed by atoms with Crippen LogP contribution in [0.4, 0.5) is 0 Å². The van der Waals surface area contributed by atoms with Gasteiger partial charge in [0.25, 0.3) is 0 Å². The standard InChI is InChI=1S/C24H26O5/c1-24(18-4-10-21(25)11-5-18,19-6-12-22(13-7-19)28-16-26-2)20-8-14-23(15-9-20)29-17-27-3/h4-15,25H,16-17H2,1-3H3. The fourth-order valence-corrected chi connectivity index (χ4v) is 3.32. The minimum atomic E-state index is -0.437. The van der Waals surface area contributed by atoms with Crippen molar-refractivity contribution >= 4 is 0 Å². The molecule has 5 heteroatoms. The van der Waals surface area contributed by atoms with Crippen molar-refractivity contribution in [1.29, 1.82) is 0 Å². The molecule has 152 valence electrons. The maximum absolute atomic E-state index is 9.74. The first-order valence-corrected chi connectivity index (χ1v) is 9.32. The molecule has 0 radical (unpaired) electrons. The molecule has 0 unspecified atom stereocenters. The number of phenolic OH excluding ortho intramolecular Hbond substituents is 1. The van der Waals surface area contributed by atoms with E-state index in [0.29, 0.717) is 0 Å². The largest absolute Gasteiger partial charge is 0.508 e. The number of benzene rings is 3. The summed E-state index contributed by atoms with van der Waals surface area (Å²) in [4.78, 5) is 0. The summed E-state index contributed by atoms with van der Waals surface area (Å²) in [5.41, 5.74) is 2.82. The Bertz CT molecular complexity index is 835. The van der Waals surface area contributed by atoms with Crippen molar-refractivity contribution in [2.75, 3.05) is 27.8 Å². The van der Waals surface area contributed by atoms with Gasteiger partial charge < -0.3 is 24.1 Å². The number of methoxy groups -OCH3 is 2. The average Bonchev–Trinajstić information content (AvgIpc) is 2.77. The van der Waals surface area contributed by atoms with E-state index in [-0.39, 0.29) is 19.3 Å². The first-order valence-electron chi connectivity index (χ1n) is 9.32. The molecule has 0 aromatic heterocycles. The third-order valence-corrected chi connectivity index (χ3v) is 4.99. The van der Waals surface area contributed by atoms with E-state index >= 15 is 0 Å². The maximum atomic E-state index is 9.74. The Morgan fingerprint density at radius 2 is 0.966 bits per heavy atom. The molecule has 0 saturated carbocycles. The molecule has 0 aliphatic rings. The summed E-state index contributed by atoms with van der Waals surface area (Å²) in [5.74, 6) is 1.72. The lowest BCUT2D eigenvalue weighted by atomic mass is 9.71. The predicted octanol–water partition coefficient (Wildman–Crippen LogP) is 4.71. The highest BCUT2D eigenvalue weighted by atomic mass is 16.7. The molecule has 1 N–H and O–H groups in total. The van der Waals surface area contributed by atoms with Crippen LogP contribution in [0.1, 0.15) is 23.6 Å². The Balaban J connectivity index is 2.01. The van der Waals surface area contributed by atoms with Gasteiger partial charge in [-0.1, -0.05) is 36.4 Å². The zero-order chi connectivity index (χ0) is 20.7. The Labute approximate surface area is 171 Å². The van der Waals surface area contributed by atoms with Crippen LogP contribution in [-0.4, -0.2) is 32.9 Å². The van der Waals surface area contributed by atoms with E-state index in [2.05, 4.69) is 6.92 Å². The normalized spacial score (nSPS) is 11.3. The third-order valence-electron chi connectivity index (χ3n) is 4.99. The molecular formula is C24H26O5. The van der Waals surface area contributed by atoms with Gasteiger partial charge in [0.15, 0.2) is 13.6 Å². The number of phenols is 1. The first-order chi connectivity index (χ1) is 14.1. The van der Waals surface area contributed by atoms with Crippen molar-refractivity contribution in [2.45, 2.75) is 12.3 Å². The molecule has 3 aromatic rings. The number of ether oxygens (including phenoxy) is 4. The van der Waals surface area contributed by atoms with Gasteiger partial charge in [-0.3, -0.25) is 0 Å². The van der Waals surface area contributed by atoms with Crippen LogP contribution >= 0.6 is 0 Å². The minimum absolute atomic E-state index is 0.206. The van der Waals surface area contributed by atoms with Crippen molar-refractivity contribution in [3.8, 4) is 17.2 Å². The van der Waals surface area contributed by atoms with E-state index in [1.807, 2.05) is 60.7 Å². The van der Waals surface area contributed by atoms with Crippen LogP contribution in [0.3, 0.4) is 0 Å². The molecule has 0 fully saturated rings. The van der Waals surface area contributed by atoms with Crippen LogP contribution in [0.15, 0.2) is 72.8 Å². The quantitative estimate of drug-likeness (QED) is 0.421. The summed E-state index contributed by atoms with van der Waals surface area (Å²) in [6, 6.07) is 23.2. The molecule has 0 spiro atoms. The summed E-state index contributed by atoms with van der Waals surface area (Å²) >= 11 is 0. The number of hydrogen-bond donors (Lipinski definition) is 1. The summed E-state index contributed by atoms with van der Waals surface area (Å²) in [6.07, 6.45) is 0. The van der Waals surface area contributed by atoms with Gasteiger partial charge in [-0.25, -0.2) is 0 Å². The van der Waals surface area contributed by atoms with E-state index in [0.717, 1.165) is 28.2 Å². The molecule has 5 nitrogen and oxygen atoms in total. The zero-order valence-electron chi connectivity index (χ0n) is 16.9. The molecule has 0 heterocycles. The lowest BCUT2D eigenvalue weighted by Crippen LogP contribution is -2.25. The minimum Gasteiger partial charge on any atom is -0.508 e. The van der Waals surface area contributed by atoms with Crippen LogP contribution < -0.4 is 9.47 Å². The van der Waals surface area contributed by atoms with E-state index in [1.165, 1.54) is 0 Å². The van der Waals surface area contributed by atoms with Gasteiger partial charge in [0, 0.05) is 19.6 Å². The van der Waals surface area contributed by atoms with E-state index < -0.39 is 5.41 Å². The number of rotatable bonds is 9. The molecule has 0 saturated heterocycles. The second kappa shape index (κ2) is 9.45. The topological polar surface area (TPSA) is 57.2 Å². The summed E-state index contributed by atoms with van der Waals surface area (Å²) < 4.78 is 21.0. The molecular weight excluding hydrogens is 368 g/mol. The lowest BCUT2D eigenvalue weighted by molar-refractivity contribution is 0.0509. The fraction of sp³-hybridized carbons (Fsp3) is 0.250. The fourth-order valence-electron chi connectivity index (χ4n) is 3.32. The van der Waals surface area contributed by atoms with Gasteiger partial charge in [-0.2, -0.15) is 0 Å². The SMILES string of the molecule is COCOc1ccc(C(C)(c2ccc(O)cc2)c2ccc(OCOC)cc2)cc1. The van der Waals surface area contributed by atoms with Crippen molar-refractivity contribution < 1.29 is 24.1 Å². The predicted molar refractivity (Wildman–Crippen MR) is 112 cm³/mol. The highest BCUT2D eigenvalue weighted by Crippen LogP contribution is 2.40. The lowest BCUT2D eigenvalue weighted by Gasteiger charge is -2.32. The molecule has 3 aromatic carbocycles. The van der Waals surface area contributed by atoms with Crippen molar-refractivity contribution in [3.05, 3.63) is 89.5 Å². The summed E-state index contributed by atoms with van der Waals surface area (Å²) in [6.45, 7) is 2.57. The van der Waals surface area contributed by atoms with E-state index in [4.69, 9.17) is 18.9 Å². The van der Waals surface area contributed by atoms with Gasteiger partial charge in [-0.05, 0) is 60.0 Å². The van der Waals surface area contributed by atoms with Crippen LogP contribution in [0, 0.1) is 0 Å². The summed E-state index contributed by atoms with van der Waals surface area (Å²) in [7, 11) is 3.19. The maximum Gasteiger partial charge on any atom is 0.188 e. The van der Waals surface area contributed by atoms with Crippen LogP contribution in [0.2, 0.25) is 0 Å². The van der Waals surface area contributed by atoms with Crippen molar-refractivity contribution in [1.82, 2.24) is 0 Å². The van der Waals surface area contributed by atoms with Crippen LogP contribution in [0.25, 0.3) is 0 Å². The van der Waals surface area contributed by atoms with E-state index in [1.54, 1.807) is 26.4 Å². The number of hydrogen-bond acceptors (Lipinski definition) is 5. The van der Waals surface area contributed by atoms with E-state index in [9.17, 15) is 5.11 Å². The third kappa shape index (κ3) is 4.70. The van der Waals surface area contributed by atoms with Crippen LogP contribution in [0.5, 0.6) is 17.2 Å². The molecule has 0 atom stereocenters. The smallest absolute Gasteiger partial charge is 0.188 e. The molecule has 29 heavy (non-hydrogen) atoms. The van der Waals surface area contributed by atoms with Crippen molar-refractivity contribution in [3.63, 3.8) is 0 Å². The highest BCUT2D eigenvalue weighted by molar-refractivity contribution is 5.52. The zero-order valence-corrected chi connectivity index (χ0v) is 16.9. The Hall–Kier alpha value is -3.02. The molecule has 0 aliphatic carbocycles. The highest BCUT2D eigenvalue weighted by Gasteiger charge is 2.31. The van der Waals surface area contributed by atoms with Crippen molar-refractivity contribution in [2.24, 2.45) is 0 Å². The Morgan fingerprint density at radius 3 is 1.31 bits per heavy atom. The first kappa shape index (κ1) is 20.7. The summed E-state index contributed by atoms with van der Waals surface area (Å²) in [5, 5.41) is 9.74. The molecule has 0 amide bonds. The second-order valence-electron chi connectivity index (χ2n) is 6.82. The van der Waals surface area contributed by atoms with Gasteiger partial charge in [0.05, 0.1) is 0 Å².